The van der Waals surface area contributed by atoms with Gasteiger partial charge in [-0.15, -0.1) is 0 Å². The number of aromatic nitrogens is 4. The SMILES string of the molecule is CN(C(=O)C1CC12CCN(C(=O)OC(C(F)(F)F)C(F)(F)F)CC2)c1cnccn1.CN(C(=O)C1CC12CCNCC2)c1cnccn1.OC(C(F)(F)F)C(F)(F)F. The molecular formula is C33H38F12N8O5. The fraction of sp³-hybridized carbons (Fsp3) is 0.667. The maximum Gasteiger partial charge on any atom is 0.434 e. The van der Waals surface area contributed by atoms with Gasteiger partial charge in [0.1, 0.15) is 0 Å². The van der Waals surface area contributed by atoms with Crippen molar-refractivity contribution in [3.05, 3.63) is 37.2 Å². The second kappa shape index (κ2) is 17.4. The number of alkyl halides is 12. The zero-order chi connectivity index (χ0) is 43.5. The van der Waals surface area contributed by atoms with Crippen LogP contribution in [0.3, 0.4) is 0 Å². The summed E-state index contributed by atoms with van der Waals surface area (Å²) >= 11 is 0. The van der Waals surface area contributed by atoms with Crippen molar-refractivity contribution >= 4 is 29.5 Å². The maximum absolute atomic E-state index is 12.7. The van der Waals surface area contributed by atoms with Crippen LogP contribution in [0.5, 0.6) is 0 Å². The number of rotatable bonds is 5. The normalized spacial score (nSPS) is 21.0. The number of carbonyl (C=O) groups is 3. The molecule has 3 amide bonds. The Morgan fingerprint density at radius 3 is 1.43 bits per heavy atom. The summed E-state index contributed by atoms with van der Waals surface area (Å²) in [6.07, 6.45) is -19.3. The van der Waals surface area contributed by atoms with E-state index in [-0.39, 0.29) is 55.0 Å². The summed E-state index contributed by atoms with van der Waals surface area (Å²) < 4.78 is 145. The molecule has 2 atom stereocenters. The van der Waals surface area contributed by atoms with E-state index in [1.165, 1.54) is 23.5 Å². The molecule has 0 bridgehead atoms. The van der Waals surface area contributed by atoms with E-state index >= 15 is 0 Å². The molecule has 2 aliphatic carbocycles. The molecule has 2 saturated carbocycles. The molecule has 4 aliphatic rings. The van der Waals surface area contributed by atoms with Crippen LogP contribution in [0.15, 0.2) is 37.2 Å². The van der Waals surface area contributed by atoms with E-state index in [0.29, 0.717) is 18.1 Å². The van der Waals surface area contributed by atoms with E-state index in [2.05, 4.69) is 30.0 Å². The highest BCUT2D eigenvalue weighted by molar-refractivity contribution is 5.96. The van der Waals surface area contributed by atoms with Gasteiger partial charge in [-0.25, -0.2) is 14.8 Å². The topological polar surface area (TPSA) is 154 Å². The van der Waals surface area contributed by atoms with Gasteiger partial charge in [-0.2, -0.15) is 52.7 Å². The molecule has 13 nitrogen and oxygen atoms in total. The molecule has 0 aromatic carbocycles. The number of anilines is 2. The van der Waals surface area contributed by atoms with E-state index < -0.39 is 48.4 Å². The average molecular weight is 855 g/mol. The van der Waals surface area contributed by atoms with Gasteiger partial charge < -0.3 is 20.1 Å². The molecule has 58 heavy (non-hydrogen) atoms. The van der Waals surface area contributed by atoms with Crippen LogP contribution in [0.25, 0.3) is 0 Å². The first kappa shape index (κ1) is 46.1. The Bertz CT molecular complexity index is 1670. The summed E-state index contributed by atoms with van der Waals surface area (Å²) in [4.78, 5) is 56.8. The van der Waals surface area contributed by atoms with Crippen LogP contribution in [0.1, 0.15) is 38.5 Å². The number of aliphatic hydroxyl groups excluding tert-OH is 1. The van der Waals surface area contributed by atoms with Crippen LogP contribution < -0.4 is 15.1 Å². The number of nitrogens with one attached hydrogen (secondary N) is 1. The predicted molar refractivity (Wildman–Crippen MR) is 175 cm³/mol. The van der Waals surface area contributed by atoms with Crippen LogP contribution >= 0.6 is 0 Å². The largest absolute Gasteiger partial charge is 0.434 e. The van der Waals surface area contributed by atoms with E-state index in [9.17, 15) is 67.1 Å². The van der Waals surface area contributed by atoms with Crippen LogP contribution in [0, 0.1) is 22.7 Å². The predicted octanol–water partition coefficient (Wildman–Crippen LogP) is 5.47. The molecule has 4 heterocycles. The monoisotopic (exact) mass is 854 g/mol. The van der Waals surface area contributed by atoms with Gasteiger partial charge in [0.2, 0.25) is 17.9 Å². The quantitative estimate of drug-likeness (QED) is 0.371. The highest BCUT2D eigenvalue weighted by Crippen LogP contribution is 2.60. The minimum atomic E-state index is -5.76. The molecule has 324 valence electrons. The smallest absolute Gasteiger partial charge is 0.426 e. The molecule has 2 aromatic rings. The molecular weight excluding hydrogens is 816 g/mol. The van der Waals surface area contributed by atoms with Gasteiger partial charge in [-0.05, 0) is 62.4 Å². The van der Waals surface area contributed by atoms with Crippen molar-refractivity contribution in [2.75, 3.05) is 50.1 Å². The number of aliphatic hydroxyl groups is 1. The first-order valence-corrected chi connectivity index (χ1v) is 17.4. The van der Waals surface area contributed by atoms with Crippen molar-refractivity contribution in [1.82, 2.24) is 30.2 Å². The first-order chi connectivity index (χ1) is 26.7. The third-order valence-electron chi connectivity index (χ3n) is 10.5. The summed E-state index contributed by atoms with van der Waals surface area (Å²) in [6.45, 7) is 1.89. The summed E-state index contributed by atoms with van der Waals surface area (Å²) in [6, 6.07) is 0. The zero-order valence-electron chi connectivity index (χ0n) is 30.6. The standard InChI is InChI=1S/C17H18F6N4O3.C13H18N4O.C3H2F6O/c1-26(11-9-24-4-5-25-11)12(28)10-8-15(10)2-6-27(7-3-15)14(29)30-13(16(18,19)20)17(21,22)23;1-17(11-9-15-6-7-16-11)12(18)10-8-13(10)2-4-14-5-3-13;4-2(5,6)1(10)3(7,8)9/h4-5,9-10,13H,2-3,6-8H2,1H3;6-7,9-10,14H,2-5,8H2,1H3;1,10H. The zero-order valence-corrected chi connectivity index (χ0v) is 30.6. The highest BCUT2D eigenvalue weighted by atomic mass is 19.4. The van der Waals surface area contributed by atoms with Gasteiger partial charge in [0, 0.05) is 63.8 Å². The third kappa shape index (κ3) is 11.3. The number of hydrogen-bond donors (Lipinski definition) is 2. The number of piperidine rings is 2. The molecule has 6 rings (SSSR count). The molecule has 2 aromatic heterocycles. The Morgan fingerprint density at radius 1 is 0.707 bits per heavy atom. The average Bonchev–Trinajstić information content (AvgIpc) is 4.06. The molecule has 2 aliphatic heterocycles. The lowest BCUT2D eigenvalue weighted by atomic mass is 9.90. The second-order valence-electron chi connectivity index (χ2n) is 14.2. The molecule has 2 unspecified atom stereocenters. The Balaban J connectivity index is 0.000000223. The van der Waals surface area contributed by atoms with Gasteiger partial charge >= 0.3 is 30.8 Å². The van der Waals surface area contributed by atoms with Crippen molar-refractivity contribution in [2.45, 2.75) is 75.4 Å². The molecule has 0 radical (unpaired) electrons. The Hall–Kier alpha value is -4.55. The molecule has 2 spiro atoms. The minimum absolute atomic E-state index is 0.0973. The third-order valence-corrected chi connectivity index (χ3v) is 10.5. The van der Waals surface area contributed by atoms with Crippen LogP contribution in [0.2, 0.25) is 0 Å². The summed E-state index contributed by atoms with van der Waals surface area (Å²) in [5, 5.41) is 10.8. The number of ether oxygens (including phenoxy) is 1. The Morgan fingerprint density at radius 2 is 1.10 bits per heavy atom. The Labute approximate surface area is 322 Å². The van der Waals surface area contributed by atoms with Gasteiger partial charge in [0.25, 0.3) is 6.10 Å². The number of likely N-dealkylation sites (tertiary alicyclic amines) is 1. The maximum atomic E-state index is 12.7. The van der Waals surface area contributed by atoms with E-state index in [4.69, 9.17) is 5.11 Å². The van der Waals surface area contributed by atoms with E-state index in [1.807, 2.05) is 0 Å². The van der Waals surface area contributed by atoms with Crippen molar-refractivity contribution in [2.24, 2.45) is 22.7 Å². The summed E-state index contributed by atoms with van der Waals surface area (Å²) in [5.41, 5.74) is -0.156. The fourth-order valence-electron chi connectivity index (χ4n) is 6.86. The van der Waals surface area contributed by atoms with Crippen molar-refractivity contribution in [3.63, 3.8) is 0 Å². The lowest BCUT2D eigenvalue weighted by Gasteiger charge is -2.34. The summed E-state index contributed by atoms with van der Waals surface area (Å²) in [5.74, 6) is 0.805. The van der Waals surface area contributed by atoms with Gasteiger partial charge in [0.15, 0.2) is 11.6 Å². The lowest BCUT2D eigenvalue weighted by molar-refractivity contribution is -0.309. The molecule has 4 fully saturated rings. The Kier molecular flexibility index (Phi) is 13.8. The van der Waals surface area contributed by atoms with Crippen LogP contribution in [0.4, 0.5) is 69.1 Å². The van der Waals surface area contributed by atoms with Gasteiger partial charge in [-0.3, -0.25) is 29.4 Å². The number of hydrogen-bond acceptors (Lipinski definition) is 10. The van der Waals surface area contributed by atoms with E-state index in [0.717, 1.165) is 37.3 Å². The van der Waals surface area contributed by atoms with Crippen molar-refractivity contribution in [1.29, 1.82) is 0 Å². The van der Waals surface area contributed by atoms with Crippen LogP contribution in [-0.2, 0) is 14.3 Å². The highest BCUT2D eigenvalue weighted by Gasteiger charge is 2.62. The minimum Gasteiger partial charge on any atom is -0.426 e. The lowest BCUT2D eigenvalue weighted by Crippen LogP contribution is -2.49. The van der Waals surface area contributed by atoms with Gasteiger partial charge in [0.05, 0.1) is 12.4 Å². The summed E-state index contributed by atoms with van der Waals surface area (Å²) in [7, 11) is 3.33. The molecule has 25 heteroatoms. The fourth-order valence-corrected chi connectivity index (χ4v) is 6.86. The van der Waals surface area contributed by atoms with Crippen LogP contribution in [-0.4, -0.2) is 125 Å². The second-order valence-corrected chi connectivity index (χ2v) is 14.2. The van der Waals surface area contributed by atoms with Crippen molar-refractivity contribution in [3.8, 4) is 0 Å². The molecule has 2 saturated heterocycles. The number of halogens is 12. The van der Waals surface area contributed by atoms with Crippen molar-refractivity contribution < 1.29 is 76.9 Å². The van der Waals surface area contributed by atoms with Gasteiger partial charge in [-0.1, -0.05) is 0 Å². The van der Waals surface area contributed by atoms with E-state index in [1.54, 1.807) is 37.6 Å². The first-order valence-electron chi connectivity index (χ1n) is 17.4. The number of nitrogens with zero attached hydrogens (tertiary/aromatic N) is 7. The molecule has 2 N–H and O–H groups in total. The number of carbonyl (C=O) groups excluding carboxylic acids is 3. The number of amides is 3.